The van der Waals surface area contributed by atoms with Crippen molar-refractivity contribution < 1.29 is 31.1 Å². The Morgan fingerprint density at radius 3 is 2.62 bits per heavy atom. The highest BCUT2D eigenvalue weighted by Gasteiger charge is 2.39. The number of nitrogens with two attached hydrogens (primary N) is 1. The molecule has 250 valence electrons. The van der Waals surface area contributed by atoms with Gasteiger partial charge in [0.05, 0.1) is 22.9 Å². The monoisotopic (exact) mass is 694 g/mol. The minimum absolute atomic E-state index is 0.0303. The molecule has 0 spiro atoms. The summed E-state index contributed by atoms with van der Waals surface area (Å²) in [7, 11) is 2.98. The third-order valence-electron chi connectivity index (χ3n) is 9.06. The first-order chi connectivity index (χ1) is 22.4. The van der Waals surface area contributed by atoms with E-state index in [2.05, 4.69) is 14.9 Å². The molecule has 7 rings (SSSR count). The number of nitrogen functional groups attached to an aromatic ring is 1. The molecule has 5 heterocycles. The van der Waals surface area contributed by atoms with Gasteiger partial charge in [-0.3, -0.25) is 4.90 Å². The predicted molar refractivity (Wildman–Crippen MR) is 174 cm³/mol. The number of alkyl halides is 4. The Morgan fingerprint density at radius 1 is 1.17 bits per heavy atom. The Labute approximate surface area is 275 Å². The van der Waals surface area contributed by atoms with Crippen molar-refractivity contribution >= 4 is 54.9 Å². The Bertz CT molecular complexity index is 1840. The Balaban J connectivity index is 0.000000366. The molecule has 3 fully saturated rings. The first kappa shape index (κ1) is 33.4. The number of hydrogen-bond donors (Lipinski definition) is 1. The van der Waals surface area contributed by atoms with Gasteiger partial charge in [-0.15, -0.1) is 11.3 Å². The van der Waals surface area contributed by atoms with Crippen molar-refractivity contribution in [3.63, 3.8) is 0 Å². The maximum Gasteiger partial charge on any atom is 0.417 e. The molecule has 7 nitrogen and oxygen atoms in total. The topological polar surface area (TPSA) is 91.3 Å². The molecule has 3 aliphatic rings. The lowest BCUT2D eigenvalue weighted by atomic mass is 9.92. The van der Waals surface area contributed by atoms with Crippen LogP contribution < -0.4 is 15.4 Å². The van der Waals surface area contributed by atoms with E-state index in [1.54, 1.807) is 23.7 Å². The van der Waals surface area contributed by atoms with Crippen molar-refractivity contribution in [2.24, 2.45) is 0 Å². The summed E-state index contributed by atoms with van der Waals surface area (Å²) in [6, 6.07) is 4.94. The van der Waals surface area contributed by atoms with Gasteiger partial charge in [0.2, 0.25) is 0 Å². The molecule has 2 aromatic carbocycles. The van der Waals surface area contributed by atoms with Crippen LogP contribution in [0, 0.1) is 23.0 Å². The van der Waals surface area contributed by atoms with Crippen LogP contribution in [0.3, 0.4) is 0 Å². The average Bonchev–Trinajstić information content (AvgIpc) is 3.74. The van der Waals surface area contributed by atoms with Crippen molar-refractivity contribution in [1.29, 1.82) is 5.26 Å². The molecule has 2 N–H and O–H groups in total. The summed E-state index contributed by atoms with van der Waals surface area (Å²) in [5, 5.41) is 9.22. The van der Waals surface area contributed by atoms with Crippen LogP contribution in [-0.4, -0.2) is 71.9 Å². The van der Waals surface area contributed by atoms with Gasteiger partial charge in [0.25, 0.3) is 0 Å². The lowest BCUT2D eigenvalue weighted by Crippen LogP contribution is -2.36. The maximum absolute atomic E-state index is 16.3. The quantitative estimate of drug-likeness (QED) is 0.217. The lowest BCUT2D eigenvalue weighted by molar-refractivity contribution is -0.137. The molecule has 4 aromatic rings. The van der Waals surface area contributed by atoms with Gasteiger partial charge in [0.15, 0.2) is 5.82 Å². The number of benzene rings is 2. The second-order valence-electron chi connectivity index (χ2n) is 11.9. The SMILES string of the molecule is COc1nc(N(C)C2CCCSC2)c2cc(C(F)(F)F)c(-c3ccc(F)c4sc(N)c(C#N)c34)c(F)c2n1.FC1CC2CCCN2C1. The first-order valence-corrected chi connectivity index (χ1v) is 17.1. The van der Waals surface area contributed by atoms with Crippen molar-refractivity contribution in [1.82, 2.24) is 14.9 Å². The van der Waals surface area contributed by atoms with Crippen LogP contribution in [-0.2, 0) is 6.18 Å². The number of ether oxygens (including phenoxy) is 1. The van der Waals surface area contributed by atoms with Gasteiger partial charge in [-0.2, -0.15) is 40.2 Å². The van der Waals surface area contributed by atoms with E-state index in [9.17, 15) is 27.2 Å². The molecule has 0 bridgehead atoms. The molecule has 0 amide bonds. The van der Waals surface area contributed by atoms with E-state index in [0.29, 0.717) is 23.9 Å². The zero-order valence-electron chi connectivity index (χ0n) is 25.6. The summed E-state index contributed by atoms with van der Waals surface area (Å²) < 4.78 is 92.2. The fourth-order valence-electron chi connectivity index (χ4n) is 6.78. The smallest absolute Gasteiger partial charge is 0.417 e. The second kappa shape index (κ2) is 13.2. The molecular weight excluding hydrogens is 663 g/mol. The van der Waals surface area contributed by atoms with Crippen LogP contribution in [0.15, 0.2) is 18.2 Å². The van der Waals surface area contributed by atoms with Crippen LogP contribution >= 0.6 is 23.1 Å². The molecule has 0 saturated carbocycles. The van der Waals surface area contributed by atoms with Gasteiger partial charge in [-0.05, 0) is 62.1 Å². The highest BCUT2D eigenvalue weighted by Crippen LogP contribution is 2.48. The molecule has 3 aliphatic heterocycles. The predicted octanol–water partition coefficient (Wildman–Crippen LogP) is 7.80. The minimum Gasteiger partial charge on any atom is -0.467 e. The fraction of sp³-hybridized carbons (Fsp3) is 0.469. The number of nitriles is 1. The van der Waals surface area contributed by atoms with Crippen molar-refractivity contribution in [2.45, 2.75) is 56.5 Å². The number of aromatic nitrogens is 2. The van der Waals surface area contributed by atoms with E-state index in [0.717, 1.165) is 55.5 Å². The number of rotatable bonds is 4. The number of hydrogen-bond acceptors (Lipinski definition) is 9. The maximum atomic E-state index is 16.3. The third-order valence-corrected chi connectivity index (χ3v) is 11.3. The van der Waals surface area contributed by atoms with E-state index in [1.807, 2.05) is 6.07 Å². The van der Waals surface area contributed by atoms with E-state index >= 15 is 4.39 Å². The summed E-state index contributed by atoms with van der Waals surface area (Å²) >= 11 is 2.43. The van der Waals surface area contributed by atoms with Crippen LogP contribution in [0.5, 0.6) is 6.01 Å². The van der Waals surface area contributed by atoms with Crippen molar-refractivity contribution in [3.05, 3.63) is 41.0 Å². The van der Waals surface area contributed by atoms with Crippen LogP contribution in [0.1, 0.15) is 43.2 Å². The van der Waals surface area contributed by atoms with Crippen molar-refractivity contribution in [2.75, 3.05) is 49.4 Å². The summed E-state index contributed by atoms with van der Waals surface area (Å²) in [6.45, 7) is 1.86. The van der Waals surface area contributed by atoms with E-state index in [4.69, 9.17) is 10.5 Å². The Kier molecular flexibility index (Phi) is 9.39. The molecule has 3 saturated heterocycles. The average molecular weight is 695 g/mol. The molecular formula is C32H32F6N6OS2. The van der Waals surface area contributed by atoms with Crippen LogP contribution in [0.2, 0.25) is 0 Å². The molecule has 3 atom stereocenters. The minimum atomic E-state index is -5.00. The second-order valence-corrected chi connectivity index (χ2v) is 14.1. The molecule has 2 aromatic heterocycles. The van der Waals surface area contributed by atoms with Crippen molar-refractivity contribution in [3.8, 4) is 23.2 Å². The van der Waals surface area contributed by atoms with Gasteiger partial charge in [-0.1, -0.05) is 6.07 Å². The summed E-state index contributed by atoms with van der Waals surface area (Å²) in [5.74, 6) is -0.240. The van der Waals surface area contributed by atoms with E-state index < -0.39 is 35.1 Å². The number of thioether (sulfide) groups is 1. The first-order valence-electron chi connectivity index (χ1n) is 15.2. The number of thiophene rings is 1. The standard InChI is InChI=1S/C25H20F5N5OS2.C7H12FN/c1-35(11-4-3-7-37-10-11)23-13-8-15(25(28,29)30)18(19(27)20(13)33-24(34-23)36-2)12-5-6-16(26)21-17(12)14(9-31)22(32)38-21;8-6-4-7-2-1-3-9(7)5-6/h5-6,8,11H,3-4,7,10,32H2,1-2H3;6-7H,1-5H2. The van der Waals surface area contributed by atoms with Gasteiger partial charge >= 0.3 is 12.2 Å². The van der Waals surface area contributed by atoms with E-state index in [-0.39, 0.29) is 55.0 Å². The fourth-order valence-corrected chi connectivity index (χ4v) is 8.92. The zero-order chi connectivity index (χ0) is 33.6. The van der Waals surface area contributed by atoms with E-state index in [1.165, 1.54) is 20.0 Å². The highest BCUT2D eigenvalue weighted by molar-refractivity contribution is 7.99. The van der Waals surface area contributed by atoms with Crippen LogP contribution in [0.25, 0.3) is 32.1 Å². The largest absolute Gasteiger partial charge is 0.467 e. The summed E-state index contributed by atoms with van der Waals surface area (Å²) in [4.78, 5) is 12.4. The van der Waals surface area contributed by atoms with Crippen LogP contribution in [0.4, 0.5) is 37.2 Å². The Hall–Kier alpha value is -3.48. The molecule has 15 heteroatoms. The van der Waals surface area contributed by atoms with Gasteiger partial charge in [0, 0.05) is 47.8 Å². The number of anilines is 2. The summed E-state index contributed by atoms with van der Waals surface area (Å²) in [6.07, 6.45) is -0.463. The van der Waals surface area contributed by atoms with Gasteiger partial charge < -0.3 is 15.4 Å². The Morgan fingerprint density at radius 2 is 1.96 bits per heavy atom. The van der Waals surface area contributed by atoms with Gasteiger partial charge in [-0.25, -0.2) is 13.2 Å². The molecule has 0 radical (unpaired) electrons. The normalized spacial score (nSPS) is 21.4. The number of nitrogens with zero attached hydrogens (tertiary/aromatic N) is 5. The zero-order valence-corrected chi connectivity index (χ0v) is 27.3. The lowest BCUT2D eigenvalue weighted by Gasteiger charge is -2.32. The molecule has 3 unspecified atom stereocenters. The summed E-state index contributed by atoms with van der Waals surface area (Å²) in [5.41, 5.74) is 2.79. The third kappa shape index (κ3) is 6.27. The highest BCUT2D eigenvalue weighted by atomic mass is 32.2. The molecule has 47 heavy (non-hydrogen) atoms. The van der Waals surface area contributed by atoms with Gasteiger partial charge in [0.1, 0.15) is 34.4 Å². The number of methoxy groups -OCH3 is 1. The number of fused-ring (bicyclic) bond motifs is 3. The molecule has 0 aliphatic carbocycles. The number of halogens is 6.